The molecule has 4 rings (SSSR count). The van der Waals surface area contributed by atoms with E-state index >= 15 is 0 Å². The second-order valence-electron chi connectivity index (χ2n) is 8.89. The smallest absolute Gasteiger partial charge is 0.224 e. The largest absolute Gasteiger partial charge is 0.497 e. The van der Waals surface area contributed by atoms with Gasteiger partial charge in [-0.2, -0.15) is 0 Å². The SMILES string of the molecule is COc1ccc(CC(=O)NC2CCN(CCCN3C=COC(C4=CC=CC(=O)C4)=C3)CC2)cc1. The van der Waals surface area contributed by atoms with Crippen LogP contribution in [0.15, 0.2) is 72.5 Å². The van der Waals surface area contributed by atoms with E-state index in [1.54, 1.807) is 25.5 Å². The molecule has 3 aliphatic rings. The normalized spacial score (nSPS) is 18.9. The molecule has 1 fully saturated rings. The summed E-state index contributed by atoms with van der Waals surface area (Å²) in [5, 5.41) is 3.19. The number of nitrogens with one attached hydrogen (secondary N) is 1. The van der Waals surface area contributed by atoms with Gasteiger partial charge in [-0.05, 0) is 49.6 Å². The van der Waals surface area contributed by atoms with E-state index in [1.165, 1.54) is 0 Å². The van der Waals surface area contributed by atoms with E-state index in [4.69, 9.17) is 9.47 Å². The van der Waals surface area contributed by atoms with Gasteiger partial charge in [-0.3, -0.25) is 9.59 Å². The monoisotopic (exact) mass is 463 g/mol. The topological polar surface area (TPSA) is 71.1 Å². The van der Waals surface area contributed by atoms with Crippen LogP contribution in [0.25, 0.3) is 0 Å². The van der Waals surface area contributed by atoms with Crippen LogP contribution < -0.4 is 10.1 Å². The first-order valence-electron chi connectivity index (χ1n) is 11.9. The fourth-order valence-corrected chi connectivity index (χ4v) is 4.44. The first kappa shape index (κ1) is 23.8. The molecule has 1 saturated heterocycles. The number of rotatable bonds is 9. The lowest BCUT2D eigenvalue weighted by Crippen LogP contribution is -2.45. The van der Waals surface area contributed by atoms with Gasteiger partial charge in [0.15, 0.2) is 5.78 Å². The predicted molar refractivity (Wildman–Crippen MR) is 131 cm³/mol. The molecule has 1 amide bonds. The second-order valence-corrected chi connectivity index (χ2v) is 8.89. The second kappa shape index (κ2) is 11.7. The van der Waals surface area contributed by atoms with Crippen molar-refractivity contribution in [3.8, 4) is 5.75 Å². The van der Waals surface area contributed by atoms with Crippen LogP contribution in [0.5, 0.6) is 5.75 Å². The van der Waals surface area contributed by atoms with E-state index in [-0.39, 0.29) is 17.7 Å². The molecule has 7 heteroatoms. The van der Waals surface area contributed by atoms with Gasteiger partial charge >= 0.3 is 0 Å². The lowest BCUT2D eigenvalue weighted by atomic mass is 10.0. The molecule has 0 unspecified atom stereocenters. The lowest BCUT2D eigenvalue weighted by molar-refractivity contribution is -0.121. The zero-order chi connectivity index (χ0) is 23.8. The number of allylic oxidation sites excluding steroid dienone is 4. The van der Waals surface area contributed by atoms with Gasteiger partial charge in [-0.15, -0.1) is 0 Å². The molecule has 1 aromatic carbocycles. The van der Waals surface area contributed by atoms with Crippen molar-refractivity contribution in [2.45, 2.75) is 38.1 Å². The van der Waals surface area contributed by atoms with E-state index in [2.05, 4.69) is 15.1 Å². The Kier molecular flexibility index (Phi) is 8.20. The number of ketones is 1. The van der Waals surface area contributed by atoms with Crippen molar-refractivity contribution in [2.75, 3.05) is 33.3 Å². The zero-order valence-electron chi connectivity index (χ0n) is 19.7. The maximum absolute atomic E-state index is 12.4. The number of carbonyl (C=O) groups excluding carboxylic acids is 2. The highest BCUT2D eigenvalue weighted by molar-refractivity contribution is 5.93. The van der Waals surface area contributed by atoms with Gasteiger partial charge in [0, 0.05) is 50.1 Å². The molecule has 1 aliphatic carbocycles. The third-order valence-corrected chi connectivity index (χ3v) is 6.36. The number of carbonyl (C=O) groups is 2. The van der Waals surface area contributed by atoms with E-state index in [1.807, 2.05) is 42.7 Å². The molecule has 2 heterocycles. The molecule has 34 heavy (non-hydrogen) atoms. The van der Waals surface area contributed by atoms with Gasteiger partial charge in [0.1, 0.15) is 17.8 Å². The van der Waals surface area contributed by atoms with E-state index in [9.17, 15) is 9.59 Å². The Morgan fingerprint density at radius 2 is 1.97 bits per heavy atom. The van der Waals surface area contributed by atoms with Crippen molar-refractivity contribution in [1.29, 1.82) is 0 Å². The molecule has 1 N–H and O–H groups in total. The first-order valence-corrected chi connectivity index (χ1v) is 11.9. The average molecular weight is 464 g/mol. The van der Waals surface area contributed by atoms with Crippen LogP contribution in [-0.2, 0) is 20.7 Å². The summed E-state index contributed by atoms with van der Waals surface area (Å²) in [5.41, 5.74) is 1.91. The minimum atomic E-state index is 0.0792. The molecule has 0 radical (unpaired) electrons. The van der Waals surface area contributed by atoms with Gasteiger partial charge in [0.25, 0.3) is 0 Å². The summed E-state index contributed by atoms with van der Waals surface area (Å²) in [7, 11) is 1.64. The predicted octanol–water partition coefficient (Wildman–Crippen LogP) is 3.31. The van der Waals surface area contributed by atoms with Gasteiger partial charge in [-0.1, -0.05) is 24.3 Å². The summed E-state index contributed by atoms with van der Waals surface area (Å²) >= 11 is 0. The van der Waals surface area contributed by atoms with Gasteiger partial charge < -0.3 is 24.6 Å². The number of ether oxygens (including phenoxy) is 2. The Morgan fingerprint density at radius 1 is 1.18 bits per heavy atom. The van der Waals surface area contributed by atoms with Crippen LogP contribution in [0, 0.1) is 0 Å². The maximum Gasteiger partial charge on any atom is 0.224 e. The number of hydrogen-bond donors (Lipinski definition) is 1. The van der Waals surface area contributed by atoms with Gasteiger partial charge in [0.2, 0.25) is 5.91 Å². The molecule has 180 valence electrons. The molecule has 0 saturated carbocycles. The Balaban J connectivity index is 1.14. The Bertz CT molecular complexity index is 986. The van der Waals surface area contributed by atoms with Gasteiger partial charge in [-0.25, -0.2) is 0 Å². The minimum Gasteiger partial charge on any atom is -0.497 e. The molecule has 7 nitrogen and oxygen atoms in total. The van der Waals surface area contributed by atoms with Crippen LogP contribution in [0.3, 0.4) is 0 Å². The molecule has 0 atom stereocenters. The summed E-state index contributed by atoms with van der Waals surface area (Å²) in [6, 6.07) is 7.89. The van der Waals surface area contributed by atoms with Crippen molar-refractivity contribution in [3.63, 3.8) is 0 Å². The summed E-state index contributed by atoms with van der Waals surface area (Å²) in [4.78, 5) is 28.7. The summed E-state index contributed by atoms with van der Waals surface area (Å²) < 4.78 is 10.8. The van der Waals surface area contributed by atoms with Crippen molar-refractivity contribution < 1.29 is 19.1 Å². The molecular weight excluding hydrogens is 430 g/mol. The highest BCUT2D eigenvalue weighted by Gasteiger charge is 2.21. The Morgan fingerprint density at radius 3 is 2.71 bits per heavy atom. The number of benzene rings is 1. The fraction of sp³-hybridized carbons (Fsp3) is 0.407. The van der Waals surface area contributed by atoms with Crippen LogP contribution in [0.1, 0.15) is 31.2 Å². The van der Waals surface area contributed by atoms with Crippen LogP contribution in [-0.4, -0.2) is 60.8 Å². The molecule has 0 aromatic heterocycles. The van der Waals surface area contributed by atoms with Gasteiger partial charge in [0.05, 0.1) is 13.5 Å². The van der Waals surface area contributed by atoms with Crippen molar-refractivity contribution in [1.82, 2.24) is 15.1 Å². The van der Waals surface area contributed by atoms with Crippen LogP contribution in [0.4, 0.5) is 0 Å². The summed E-state index contributed by atoms with van der Waals surface area (Å²) in [6.45, 7) is 3.90. The molecule has 0 bridgehead atoms. The quantitative estimate of drug-likeness (QED) is 0.606. The van der Waals surface area contributed by atoms with E-state index in [0.29, 0.717) is 12.8 Å². The number of amides is 1. The zero-order valence-corrected chi connectivity index (χ0v) is 19.7. The third-order valence-electron chi connectivity index (χ3n) is 6.36. The first-order chi connectivity index (χ1) is 16.6. The Labute approximate surface area is 201 Å². The highest BCUT2D eigenvalue weighted by Crippen LogP contribution is 2.23. The number of piperidine rings is 1. The van der Waals surface area contributed by atoms with Crippen LogP contribution in [0.2, 0.25) is 0 Å². The van der Waals surface area contributed by atoms with Crippen molar-refractivity contribution in [3.05, 3.63) is 78.1 Å². The maximum atomic E-state index is 12.4. The third kappa shape index (κ3) is 6.84. The van der Waals surface area contributed by atoms with E-state index < -0.39 is 0 Å². The fourth-order valence-electron chi connectivity index (χ4n) is 4.44. The van der Waals surface area contributed by atoms with E-state index in [0.717, 1.165) is 68.1 Å². The number of hydrogen-bond acceptors (Lipinski definition) is 6. The molecular formula is C27H33N3O4. The van der Waals surface area contributed by atoms with Crippen LogP contribution >= 0.6 is 0 Å². The standard InChI is InChI=1S/C27H33N3O4/c1-33-25-8-6-21(7-9-25)18-27(32)28-23-10-14-29(15-11-23)12-3-13-30-16-17-34-26(20-30)22-4-2-5-24(31)19-22/h2,4-9,16-17,20,23H,3,10-15,18-19H2,1H3,(H,28,32). The molecule has 2 aliphatic heterocycles. The summed E-state index contributed by atoms with van der Waals surface area (Å²) in [6.07, 6.45) is 14.7. The van der Waals surface area contributed by atoms with Crippen molar-refractivity contribution in [2.24, 2.45) is 0 Å². The molecule has 1 aromatic rings. The van der Waals surface area contributed by atoms with Crippen molar-refractivity contribution >= 4 is 11.7 Å². The molecule has 0 spiro atoms. The summed E-state index contributed by atoms with van der Waals surface area (Å²) in [5.74, 6) is 1.72. The number of nitrogens with zero attached hydrogens (tertiary/aromatic N) is 2. The highest BCUT2D eigenvalue weighted by atomic mass is 16.5. The lowest BCUT2D eigenvalue weighted by Gasteiger charge is -2.33. The minimum absolute atomic E-state index is 0.0792. The Hall–Kier alpha value is -3.32. The average Bonchev–Trinajstić information content (AvgIpc) is 2.86. The number of likely N-dealkylation sites (tertiary alicyclic amines) is 1. The number of methoxy groups -OCH3 is 1.